The van der Waals surface area contributed by atoms with E-state index in [4.69, 9.17) is 4.65 Å². The molecular formula is C11H16B2O2. The largest absolute Gasteiger partial charge is 0.491 e. The monoisotopic (exact) mass is 202 g/mol. The lowest BCUT2D eigenvalue weighted by Crippen LogP contribution is -2.33. The van der Waals surface area contributed by atoms with Crippen LogP contribution in [0.5, 0.6) is 0 Å². The third kappa shape index (κ3) is 2.44. The van der Waals surface area contributed by atoms with E-state index in [1.54, 1.807) is 0 Å². The molecule has 0 spiro atoms. The van der Waals surface area contributed by atoms with E-state index in [-0.39, 0.29) is 5.31 Å². The third-order valence-electron chi connectivity index (χ3n) is 2.61. The van der Waals surface area contributed by atoms with Crippen molar-refractivity contribution in [1.82, 2.24) is 0 Å². The van der Waals surface area contributed by atoms with Gasteiger partial charge in [0.1, 0.15) is 0 Å². The first-order chi connectivity index (χ1) is 6.96. The van der Waals surface area contributed by atoms with Crippen molar-refractivity contribution < 1.29 is 9.68 Å². The Bertz CT molecular complexity index is 371. The molecule has 0 saturated carbocycles. The van der Waals surface area contributed by atoms with Crippen molar-refractivity contribution in [2.75, 3.05) is 0 Å². The molecule has 0 radical (unpaired) electrons. The summed E-state index contributed by atoms with van der Waals surface area (Å²) in [6.07, 6.45) is 0. The van der Waals surface area contributed by atoms with Crippen LogP contribution < -0.4 is 10.9 Å². The maximum absolute atomic E-state index is 9.58. The van der Waals surface area contributed by atoms with Gasteiger partial charge in [-0.15, -0.1) is 0 Å². The van der Waals surface area contributed by atoms with Crippen molar-refractivity contribution in [3.63, 3.8) is 0 Å². The Kier molecular flexibility index (Phi) is 2.65. The van der Waals surface area contributed by atoms with Crippen LogP contribution in [0, 0.1) is 0 Å². The van der Waals surface area contributed by atoms with Crippen molar-refractivity contribution in [3.05, 3.63) is 23.8 Å². The van der Waals surface area contributed by atoms with Crippen LogP contribution >= 0.6 is 0 Å². The van der Waals surface area contributed by atoms with Crippen LogP contribution in [0.3, 0.4) is 0 Å². The van der Waals surface area contributed by atoms with Gasteiger partial charge >= 0.3 is 7.12 Å². The van der Waals surface area contributed by atoms with Gasteiger partial charge in [0.15, 0.2) is 7.28 Å². The van der Waals surface area contributed by atoms with Gasteiger partial charge in [0, 0.05) is 0 Å². The lowest BCUT2D eigenvalue weighted by Gasteiger charge is -2.16. The number of hydrogen-bond acceptors (Lipinski definition) is 2. The van der Waals surface area contributed by atoms with E-state index in [0.717, 1.165) is 18.3 Å². The Morgan fingerprint density at radius 1 is 1.40 bits per heavy atom. The molecule has 1 aliphatic heterocycles. The fourth-order valence-corrected chi connectivity index (χ4v) is 1.99. The van der Waals surface area contributed by atoms with E-state index in [2.05, 4.69) is 39.0 Å². The molecule has 0 amide bonds. The highest BCUT2D eigenvalue weighted by Gasteiger charge is 2.27. The standard InChI is InChI=1S/C11H16B2O2/c1-11(2,3)12-9-5-4-8-7-15-13(14)10(8)6-9/h4-6,12,14H,7H2,1-3H3. The first-order valence-corrected chi connectivity index (χ1v) is 5.37. The average Bonchev–Trinajstić information content (AvgIpc) is 2.45. The van der Waals surface area contributed by atoms with E-state index >= 15 is 0 Å². The van der Waals surface area contributed by atoms with Crippen molar-refractivity contribution >= 4 is 25.3 Å². The Morgan fingerprint density at radius 2 is 2.13 bits per heavy atom. The van der Waals surface area contributed by atoms with Crippen molar-refractivity contribution in [3.8, 4) is 0 Å². The minimum Gasteiger partial charge on any atom is -0.423 e. The predicted octanol–water partition coefficient (Wildman–Crippen LogP) is 0.184. The van der Waals surface area contributed by atoms with E-state index in [9.17, 15) is 5.02 Å². The molecule has 0 bridgehead atoms. The molecule has 2 nitrogen and oxygen atoms in total. The summed E-state index contributed by atoms with van der Waals surface area (Å²) >= 11 is 0. The summed E-state index contributed by atoms with van der Waals surface area (Å²) in [5.41, 5.74) is 3.32. The molecule has 0 aromatic heterocycles. The molecule has 0 aliphatic carbocycles. The molecule has 4 heteroatoms. The molecule has 0 fully saturated rings. The molecule has 1 aromatic carbocycles. The van der Waals surface area contributed by atoms with Crippen LogP contribution in [0.1, 0.15) is 26.3 Å². The highest BCUT2D eigenvalue weighted by Crippen LogP contribution is 2.19. The highest BCUT2D eigenvalue weighted by atomic mass is 16.5. The van der Waals surface area contributed by atoms with Gasteiger partial charge in [-0.05, 0) is 11.0 Å². The van der Waals surface area contributed by atoms with E-state index in [1.165, 1.54) is 5.46 Å². The van der Waals surface area contributed by atoms with E-state index in [0.29, 0.717) is 6.61 Å². The second kappa shape index (κ2) is 3.69. The molecule has 0 saturated heterocycles. The SMILES string of the molecule is CC(C)(C)Bc1ccc2c(c1)B(O)OC2. The highest BCUT2D eigenvalue weighted by molar-refractivity contribution is 6.63. The van der Waals surface area contributed by atoms with Crippen molar-refractivity contribution in [2.24, 2.45) is 0 Å². The Labute approximate surface area is 92.0 Å². The first kappa shape index (κ1) is 10.8. The molecule has 1 N–H and O–H groups in total. The zero-order chi connectivity index (χ0) is 11.1. The molecule has 78 valence electrons. The molecule has 0 atom stereocenters. The smallest absolute Gasteiger partial charge is 0.423 e. The second-order valence-electron chi connectivity index (χ2n) is 5.43. The van der Waals surface area contributed by atoms with Crippen molar-refractivity contribution in [2.45, 2.75) is 32.7 Å². The molecular weight excluding hydrogens is 186 g/mol. The zero-order valence-corrected chi connectivity index (χ0v) is 9.58. The van der Waals surface area contributed by atoms with Gasteiger partial charge in [-0.1, -0.05) is 49.7 Å². The van der Waals surface area contributed by atoms with E-state index < -0.39 is 7.12 Å². The van der Waals surface area contributed by atoms with Gasteiger partial charge in [0.25, 0.3) is 0 Å². The average molecular weight is 202 g/mol. The molecule has 1 aromatic rings. The molecule has 2 rings (SSSR count). The van der Waals surface area contributed by atoms with Crippen LogP contribution in [0.4, 0.5) is 0 Å². The van der Waals surface area contributed by atoms with Gasteiger partial charge in [0.2, 0.25) is 0 Å². The molecule has 0 unspecified atom stereocenters. The summed E-state index contributed by atoms with van der Waals surface area (Å²) in [5, 5.41) is 9.86. The van der Waals surface area contributed by atoms with Crippen LogP contribution in [-0.4, -0.2) is 19.4 Å². The zero-order valence-electron chi connectivity index (χ0n) is 9.58. The molecule has 1 heterocycles. The van der Waals surface area contributed by atoms with E-state index in [1.807, 2.05) is 0 Å². The van der Waals surface area contributed by atoms with Gasteiger partial charge in [-0.25, -0.2) is 0 Å². The Morgan fingerprint density at radius 3 is 2.80 bits per heavy atom. The van der Waals surface area contributed by atoms with Crippen molar-refractivity contribution in [1.29, 1.82) is 0 Å². The fraction of sp³-hybridized carbons (Fsp3) is 0.455. The number of benzene rings is 1. The number of rotatable bonds is 1. The third-order valence-corrected chi connectivity index (χ3v) is 2.61. The Balaban J connectivity index is 2.26. The maximum atomic E-state index is 9.58. The summed E-state index contributed by atoms with van der Waals surface area (Å²) in [4.78, 5) is 0. The van der Waals surface area contributed by atoms with Crippen LogP contribution in [-0.2, 0) is 11.3 Å². The summed E-state index contributed by atoms with van der Waals surface area (Å²) in [6, 6.07) is 6.26. The van der Waals surface area contributed by atoms with Gasteiger partial charge in [0.05, 0.1) is 6.61 Å². The quantitative estimate of drug-likeness (QED) is 0.658. The summed E-state index contributed by atoms with van der Waals surface area (Å²) < 4.78 is 5.16. The summed E-state index contributed by atoms with van der Waals surface area (Å²) in [7, 11) is 0.299. The minimum absolute atomic E-state index is 0.276. The second-order valence-corrected chi connectivity index (χ2v) is 5.43. The topological polar surface area (TPSA) is 29.5 Å². The lowest BCUT2D eigenvalue weighted by molar-refractivity contribution is 0.275. The first-order valence-electron chi connectivity index (χ1n) is 5.37. The van der Waals surface area contributed by atoms with Crippen LogP contribution in [0.2, 0.25) is 5.31 Å². The van der Waals surface area contributed by atoms with Crippen LogP contribution in [0.15, 0.2) is 18.2 Å². The Hall–Kier alpha value is -0.730. The van der Waals surface area contributed by atoms with Crippen LogP contribution in [0.25, 0.3) is 0 Å². The number of hydrogen-bond donors (Lipinski definition) is 1. The van der Waals surface area contributed by atoms with Gasteiger partial charge in [-0.2, -0.15) is 0 Å². The molecule has 15 heavy (non-hydrogen) atoms. The minimum atomic E-state index is -0.722. The van der Waals surface area contributed by atoms with Gasteiger partial charge in [-0.3, -0.25) is 0 Å². The normalized spacial score (nSPS) is 15.3. The predicted molar refractivity (Wildman–Crippen MR) is 65.3 cm³/mol. The lowest BCUT2D eigenvalue weighted by atomic mass is 9.51. The summed E-state index contributed by atoms with van der Waals surface area (Å²) in [6.45, 7) is 7.18. The van der Waals surface area contributed by atoms with Gasteiger partial charge < -0.3 is 9.68 Å². The molecule has 1 aliphatic rings. The fourth-order valence-electron chi connectivity index (χ4n) is 1.99. The number of fused-ring (bicyclic) bond motifs is 1. The summed E-state index contributed by atoms with van der Waals surface area (Å²) in [5.74, 6) is 0. The maximum Gasteiger partial charge on any atom is 0.491 e.